The van der Waals surface area contributed by atoms with Gasteiger partial charge in [0, 0.05) is 17.8 Å². The molecule has 0 fully saturated rings. The van der Waals surface area contributed by atoms with Crippen molar-refractivity contribution >= 4 is 17.5 Å². The molecule has 1 heterocycles. The Hall–Kier alpha value is -2.79. The zero-order valence-electron chi connectivity index (χ0n) is 15.4. The monoisotopic (exact) mass is 383 g/mol. The summed E-state index contributed by atoms with van der Waals surface area (Å²) in [5, 5.41) is 7.93. The predicted octanol–water partition coefficient (Wildman–Crippen LogP) is 3.96. The Morgan fingerprint density at radius 3 is 2.78 bits per heavy atom. The summed E-state index contributed by atoms with van der Waals surface area (Å²) in [7, 11) is 0. The van der Waals surface area contributed by atoms with Crippen LogP contribution in [0, 0.1) is 6.92 Å². The van der Waals surface area contributed by atoms with Crippen molar-refractivity contribution in [1.29, 1.82) is 0 Å². The maximum Gasteiger partial charge on any atom is 0.260 e. The van der Waals surface area contributed by atoms with E-state index in [0.29, 0.717) is 23.7 Å². The van der Waals surface area contributed by atoms with E-state index in [1.807, 2.05) is 60.4 Å². The van der Waals surface area contributed by atoms with Crippen LogP contribution in [-0.4, -0.2) is 28.3 Å². The molecule has 0 aliphatic carbocycles. The number of para-hydroxylation sites is 1. The highest BCUT2D eigenvalue weighted by Crippen LogP contribution is 2.21. The number of amides is 1. The quantitative estimate of drug-likeness (QED) is 0.671. The first-order valence-corrected chi connectivity index (χ1v) is 9.20. The second-order valence-electron chi connectivity index (χ2n) is 6.34. The first-order valence-electron chi connectivity index (χ1n) is 8.82. The van der Waals surface area contributed by atoms with Gasteiger partial charge in [0.2, 0.25) is 0 Å². The minimum Gasteiger partial charge on any atom is -0.481 e. The summed E-state index contributed by atoms with van der Waals surface area (Å²) < 4.78 is 7.51. The van der Waals surface area contributed by atoms with Crippen LogP contribution in [0.15, 0.2) is 60.9 Å². The van der Waals surface area contributed by atoms with Crippen LogP contribution in [0.2, 0.25) is 5.02 Å². The molecule has 0 bridgehead atoms. The molecule has 1 atom stereocenters. The molecule has 0 radical (unpaired) electrons. The molecule has 1 amide bonds. The van der Waals surface area contributed by atoms with Gasteiger partial charge < -0.3 is 10.1 Å². The summed E-state index contributed by atoms with van der Waals surface area (Å²) in [4.78, 5) is 12.2. The highest BCUT2D eigenvalue weighted by molar-refractivity contribution is 6.31. The fourth-order valence-corrected chi connectivity index (χ4v) is 2.75. The zero-order valence-corrected chi connectivity index (χ0v) is 16.1. The van der Waals surface area contributed by atoms with E-state index >= 15 is 0 Å². The molecule has 3 rings (SSSR count). The summed E-state index contributed by atoms with van der Waals surface area (Å²) in [6, 6.07) is 15.3. The van der Waals surface area contributed by atoms with Gasteiger partial charge >= 0.3 is 0 Å². The minimum atomic E-state index is -0.586. The van der Waals surface area contributed by atoms with Gasteiger partial charge in [-0.25, -0.2) is 4.68 Å². The summed E-state index contributed by atoms with van der Waals surface area (Å²) in [5.74, 6) is 0.474. The lowest BCUT2D eigenvalue weighted by Crippen LogP contribution is -2.37. The van der Waals surface area contributed by atoms with Gasteiger partial charge in [-0.3, -0.25) is 4.79 Å². The van der Waals surface area contributed by atoms with E-state index < -0.39 is 6.10 Å². The van der Waals surface area contributed by atoms with Gasteiger partial charge in [-0.15, -0.1) is 0 Å². The van der Waals surface area contributed by atoms with E-state index in [2.05, 4.69) is 10.4 Å². The molecule has 0 aliphatic heterocycles. The molecule has 27 heavy (non-hydrogen) atoms. The number of nitrogens with one attached hydrogen (secondary N) is 1. The minimum absolute atomic E-state index is 0.155. The van der Waals surface area contributed by atoms with Crippen molar-refractivity contribution in [2.45, 2.75) is 26.4 Å². The Kier molecular flexibility index (Phi) is 6.14. The van der Waals surface area contributed by atoms with E-state index in [-0.39, 0.29) is 5.91 Å². The first kappa shape index (κ1) is 19.0. The number of nitrogens with zero attached hydrogens (tertiary/aromatic N) is 2. The molecule has 3 aromatic rings. The second-order valence-corrected chi connectivity index (χ2v) is 6.75. The molecule has 2 aromatic carbocycles. The van der Waals surface area contributed by atoms with Gasteiger partial charge in [-0.05, 0) is 61.7 Å². The predicted molar refractivity (Wildman–Crippen MR) is 107 cm³/mol. The van der Waals surface area contributed by atoms with Gasteiger partial charge in [0.25, 0.3) is 5.91 Å². The lowest BCUT2D eigenvalue weighted by molar-refractivity contribution is -0.127. The van der Waals surface area contributed by atoms with Crippen LogP contribution in [0.3, 0.4) is 0 Å². The number of hydrogen-bond donors (Lipinski definition) is 1. The van der Waals surface area contributed by atoms with Gasteiger partial charge in [-0.1, -0.05) is 29.8 Å². The molecule has 1 aromatic heterocycles. The number of aromatic nitrogens is 2. The summed E-state index contributed by atoms with van der Waals surface area (Å²) >= 11 is 6.01. The number of benzene rings is 2. The van der Waals surface area contributed by atoms with E-state index in [0.717, 1.165) is 16.8 Å². The Morgan fingerprint density at radius 2 is 2.04 bits per heavy atom. The molecule has 0 aliphatic rings. The number of carbonyl (C=O) groups is 1. The van der Waals surface area contributed by atoms with Gasteiger partial charge in [0.1, 0.15) is 5.75 Å². The van der Waals surface area contributed by atoms with Gasteiger partial charge in [0.05, 0.1) is 11.9 Å². The Labute approximate surface area is 163 Å². The van der Waals surface area contributed by atoms with Crippen molar-refractivity contribution in [2.75, 3.05) is 6.54 Å². The number of halogens is 1. The van der Waals surface area contributed by atoms with Crippen molar-refractivity contribution in [3.63, 3.8) is 0 Å². The Bertz CT molecular complexity index is 909. The number of rotatable bonds is 7. The van der Waals surface area contributed by atoms with Crippen LogP contribution < -0.4 is 10.1 Å². The molecule has 0 spiro atoms. The maximum atomic E-state index is 12.2. The number of ether oxygens (including phenoxy) is 1. The van der Waals surface area contributed by atoms with Crippen molar-refractivity contribution in [1.82, 2.24) is 15.1 Å². The van der Waals surface area contributed by atoms with Crippen LogP contribution in [-0.2, 0) is 11.2 Å². The molecule has 0 saturated carbocycles. The number of aryl methyl sites for hydroxylation is 1. The third-order valence-electron chi connectivity index (χ3n) is 4.18. The van der Waals surface area contributed by atoms with Crippen molar-refractivity contribution in [3.8, 4) is 11.4 Å². The summed E-state index contributed by atoms with van der Waals surface area (Å²) in [6.07, 6.45) is 3.90. The Balaban J connectivity index is 1.47. The second kappa shape index (κ2) is 8.73. The third kappa shape index (κ3) is 5.11. The van der Waals surface area contributed by atoms with Crippen LogP contribution in [0.25, 0.3) is 5.69 Å². The van der Waals surface area contributed by atoms with Crippen molar-refractivity contribution in [2.24, 2.45) is 0 Å². The van der Waals surface area contributed by atoms with Crippen LogP contribution in [0.1, 0.15) is 18.1 Å². The molecule has 1 unspecified atom stereocenters. The largest absolute Gasteiger partial charge is 0.481 e. The number of carbonyl (C=O) groups excluding carboxylic acids is 1. The first-order chi connectivity index (χ1) is 13.0. The summed E-state index contributed by atoms with van der Waals surface area (Å²) in [5.41, 5.74) is 2.98. The lowest BCUT2D eigenvalue weighted by Gasteiger charge is -2.15. The van der Waals surface area contributed by atoms with E-state index in [9.17, 15) is 4.79 Å². The van der Waals surface area contributed by atoms with Gasteiger partial charge in [-0.2, -0.15) is 5.10 Å². The van der Waals surface area contributed by atoms with Gasteiger partial charge in [0.15, 0.2) is 6.10 Å². The van der Waals surface area contributed by atoms with Crippen LogP contribution in [0.4, 0.5) is 0 Å². The number of hydrogen-bond acceptors (Lipinski definition) is 3. The standard InChI is InChI=1S/C21H22ClN3O2/c1-15-12-19(8-9-20(15)22)27-16(2)21(26)23-11-10-17-13-24-25(14-17)18-6-4-3-5-7-18/h3-9,12-14,16H,10-11H2,1-2H3,(H,23,26). The van der Waals surface area contributed by atoms with E-state index in [1.165, 1.54) is 0 Å². The average Bonchev–Trinajstić information content (AvgIpc) is 3.14. The topological polar surface area (TPSA) is 56.1 Å². The maximum absolute atomic E-state index is 12.2. The lowest BCUT2D eigenvalue weighted by atomic mass is 10.2. The van der Waals surface area contributed by atoms with E-state index in [4.69, 9.17) is 16.3 Å². The summed E-state index contributed by atoms with van der Waals surface area (Å²) in [6.45, 7) is 4.15. The molecular formula is C21H22ClN3O2. The smallest absolute Gasteiger partial charge is 0.260 e. The van der Waals surface area contributed by atoms with Crippen molar-refractivity contribution in [3.05, 3.63) is 77.1 Å². The Morgan fingerprint density at radius 1 is 1.26 bits per heavy atom. The third-order valence-corrected chi connectivity index (χ3v) is 4.61. The highest BCUT2D eigenvalue weighted by Gasteiger charge is 2.14. The molecule has 6 heteroatoms. The fraction of sp³-hybridized carbons (Fsp3) is 0.238. The van der Waals surface area contributed by atoms with Crippen LogP contribution >= 0.6 is 11.6 Å². The molecular weight excluding hydrogens is 362 g/mol. The fourth-order valence-electron chi connectivity index (χ4n) is 2.63. The zero-order chi connectivity index (χ0) is 19.2. The van der Waals surface area contributed by atoms with Crippen molar-refractivity contribution < 1.29 is 9.53 Å². The molecule has 140 valence electrons. The molecule has 5 nitrogen and oxygen atoms in total. The molecule has 0 saturated heterocycles. The highest BCUT2D eigenvalue weighted by atomic mass is 35.5. The normalized spacial score (nSPS) is 11.8. The molecule has 1 N–H and O–H groups in total. The van der Waals surface area contributed by atoms with Crippen LogP contribution in [0.5, 0.6) is 5.75 Å². The van der Waals surface area contributed by atoms with E-state index in [1.54, 1.807) is 19.1 Å². The average molecular weight is 384 g/mol. The SMILES string of the molecule is Cc1cc(OC(C)C(=O)NCCc2cnn(-c3ccccc3)c2)ccc1Cl.